The van der Waals surface area contributed by atoms with Crippen molar-refractivity contribution in [1.82, 2.24) is 5.32 Å². The maximum absolute atomic E-state index is 9.04. The number of thiocarbonyl (C=S) groups is 1. The molecule has 1 saturated heterocycles. The maximum Gasteiger partial charge on any atom is 0.136 e. The van der Waals surface area contributed by atoms with Gasteiger partial charge in [0.1, 0.15) is 10.5 Å². The molecule has 1 aliphatic rings. The molecule has 0 bridgehead atoms. The highest BCUT2D eigenvalue weighted by atomic mass is 32.2. The van der Waals surface area contributed by atoms with Crippen LogP contribution in [0.4, 0.5) is 0 Å². The molecule has 1 heterocycles. The fourth-order valence-corrected chi connectivity index (χ4v) is 2.25. The summed E-state index contributed by atoms with van der Waals surface area (Å²) in [6.07, 6.45) is 0.360. The fourth-order valence-electron chi connectivity index (χ4n) is 0.774. The van der Waals surface area contributed by atoms with Crippen LogP contribution in [0.15, 0.2) is 0 Å². The van der Waals surface area contributed by atoms with Crippen molar-refractivity contribution >= 4 is 28.3 Å². The monoisotopic (exact) mass is 163 g/mol. The third-order valence-electron chi connectivity index (χ3n) is 1.15. The normalized spacial score (nSPS) is 36.0. The van der Waals surface area contributed by atoms with E-state index in [1.54, 1.807) is 11.8 Å². The number of thioether (sulfide) groups is 1. The van der Waals surface area contributed by atoms with Crippen LogP contribution in [0.3, 0.4) is 0 Å². The number of hydrogen-bond acceptors (Lipinski definition) is 3. The van der Waals surface area contributed by atoms with Crippen molar-refractivity contribution in [3.8, 4) is 0 Å². The molecular formula is C5H9NOS2. The molecule has 9 heavy (non-hydrogen) atoms. The maximum atomic E-state index is 9.04. The van der Waals surface area contributed by atoms with Gasteiger partial charge in [-0.2, -0.15) is 0 Å². The van der Waals surface area contributed by atoms with Crippen molar-refractivity contribution in [1.29, 1.82) is 0 Å². The van der Waals surface area contributed by atoms with E-state index in [1.165, 1.54) is 0 Å². The van der Waals surface area contributed by atoms with Crippen LogP contribution in [0.25, 0.3) is 0 Å². The van der Waals surface area contributed by atoms with Crippen molar-refractivity contribution in [2.24, 2.45) is 0 Å². The third-order valence-corrected chi connectivity index (χ3v) is 2.48. The molecule has 0 aliphatic carbocycles. The number of aliphatic hydroxyl groups excluding tert-OH is 1. The summed E-state index contributed by atoms with van der Waals surface area (Å²) in [4.78, 5) is 0. The molecule has 0 spiro atoms. The average Bonchev–Trinajstić information content (AvgIpc) is 1.59. The van der Waals surface area contributed by atoms with Gasteiger partial charge in [0.15, 0.2) is 0 Å². The van der Waals surface area contributed by atoms with E-state index in [9.17, 15) is 0 Å². The topological polar surface area (TPSA) is 32.3 Å². The second-order valence-corrected chi connectivity index (χ2v) is 4.23. The van der Waals surface area contributed by atoms with E-state index in [2.05, 4.69) is 12.2 Å². The second-order valence-electron chi connectivity index (χ2n) is 2.11. The Morgan fingerprint density at radius 1 is 1.89 bits per heavy atom. The Balaban J connectivity index is 2.43. The van der Waals surface area contributed by atoms with E-state index in [4.69, 9.17) is 17.3 Å². The van der Waals surface area contributed by atoms with Gasteiger partial charge in [-0.3, -0.25) is 0 Å². The molecule has 0 aromatic carbocycles. The summed E-state index contributed by atoms with van der Waals surface area (Å²) in [6.45, 7) is 2.06. The Morgan fingerprint density at radius 2 is 2.56 bits per heavy atom. The molecule has 0 saturated carbocycles. The first-order valence-corrected chi connectivity index (χ1v) is 4.12. The van der Waals surface area contributed by atoms with E-state index in [-0.39, 0.29) is 0 Å². The van der Waals surface area contributed by atoms with Crippen molar-refractivity contribution in [3.05, 3.63) is 0 Å². The molecule has 1 aliphatic heterocycles. The van der Waals surface area contributed by atoms with Crippen LogP contribution in [-0.4, -0.2) is 20.9 Å². The molecule has 4 heteroatoms. The highest BCUT2D eigenvalue weighted by Crippen LogP contribution is 2.20. The lowest BCUT2D eigenvalue weighted by molar-refractivity contribution is 0.150. The first-order valence-electron chi connectivity index (χ1n) is 2.83. The summed E-state index contributed by atoms with van der Waals surface area (Å²) in [5, 5.41) is 12.3. The molecule has 0 unspecified atom stereocenters. The van der Waals surface area contributed by atoms with Crippen LogP contribution in [0.5, 0.6) is 0 Å². The van der Waals surface area contributed by atoms with Crippen LogP contribution in [-0.2, 0) is 0 Å². The van der Waals surface area contributed by atoms with Gasteiger partial charge in [0, 0.05) is 11.7 Å². The lowest BCUT2D eigenvalue weighted by atomic mass is 10.3. The van der Waals surface area contributed by atoms with Gasteiger partial charge >= 0.3 is 0 Å². The first-order chi connectivity index (χ1) is 4.18. The van der Waals surface area contributed by atoms with Gasteiger partial charge in [-0.25, -0.2) is 0 Å². The van der Waals surface area contributed by atoms with Gasteiger partial charge in [-0.1, -0.05) is 30.9 Å². The van der Waals surface area contributed by atoms with Crippen LogP contribution < -0.4 is 5.32 Å². The summed E-state index contributed by atoms with van der Waals surface area (Å²) in [6, 6.07) is 0. The minimum absolute atomic E-state index is 0.422. The molecule has 0 aromatic heterocycles. The van der Waals surface area contributed by atoms with E-state index < -0.39 is 6.23 Å². The molecule has 0 aromatic rings. The van der Waals surface area contributed by atoms with Crippen LogP contribution >= 0.6 is 24.0 Å². The quantitative estimate of drug-likeness (QED) is 0.515. The Labute approximate surface area is 64.0 Å². The Hall–Kier alpha value is 0.200. The molecule has 52 valence electrons. The summed E-state index contributed by atoms with van der Waals surface area (Å²) in [7, 11) is 0. The predicted molar refractivity (Wildman–Crippen MR) is 43.4 cm³/mol. The second kappa shape index (κ2) is 2.86. The highest BCUT2D eigenvalue weighted by Gasteiger charge is 2.19. The van der Waals surface area contributed by atoms with Gasteiger partial charge < -0.3 is 10.4 Å². The van der Waals surface area contributed by atoms with Gasteiger partial charge in [0.05, 0.1) is 0 Å². The van der Waals surface area contributed by atoms with Crippen molar-refractivity contribution in [2.45, 2.75) is 24.8 Å². The van der Waals surface area contributed by atoms with E-state index in [0.29, 0.717) is 9.57 Å². The van der Waals surface area contributed by atoms with Gasteiger partial charge in [-0.15, -0.1) is 0 Å². The predicted octanol–water partition coefficient (Wildman–Crippen LogP) is 0.705. The van der Waals surface area contributed by atoms with Crippen molar-refractivity contribution in [3.63, 3.8) is 0 Å². The lowest BCUT2D eigenvalue weighted by Crippen LogP contribution is -2.38. The van der Waals surface area contributed by atoms with Crippen LogP contribution in [0, 0.1) is 0 Å². The Bertz CT molecular complexity index is 116. The number of aliphatic hydroxyl groups is 1. The van der Waals surface area contributed by atoms with Gasteiger partial charge in [-0.05, 0) is 0 Å². The van der Waals surface area contributed by atoms with Crippen molar-refractivity contribution < 1.29 is 5.11 Å². The SMILES string of the molecule is C[C@H]1C[C@@H](O)NC(=S)S1. The van der Waals surface area contributed by atoms with E-state index in [1.807, 2.05) is 0 Å². The van der Waals surface area contributed by atoms with Crippen LogP contribution in [0.2, 0.25) is 0 Å². The first kappa shape index (κ1) is 7.31. The molecule has 0 radical (unpaired) electrons. The smallest absolute Gasteiger partial charge is 0.136 e. The number of nitrogens with one attached hydrogen (secondary N) is 1. The number of hydrogen-bond donors (Lipinski definition) is 2. The minimum Gasteiger partial charge on any atom is -0.374 e. The molecule has 1 rings (SSSR count). The zero-order chi connectivity index (χ0) is 6.85. The zero-order valence-corrected chi connectivity index (χ0v) is 6.76. The fraction of sp³-hybridized carbons (Fsp3) is 0.800. The molecule has 0 amide bonds. The van der Waals surface area contributed by atoms with Gasteiger partial charge in [0.25, 0.3) is 0 Å². The molecule has 1 fully saturated rings. The Morgan fingerprint density at radius 3 is 3.00 bits per heavy atom. The van der Waals surface area contributed by atoms with E-state index >= 15 is 0 Å². The lowest BCUT2D eigenvalue weighted by Gasteiger charge is -2.24. The van der Waals surface area contributed by atoms with E-state index in [0.717, 1.165) is 6.42 Å². The molecular weight excluding hydrogens is 154 g/mol. The van der Waals surface area contributed by atoms with Crippen molar-refractivity contribution in [2.75, 3.05) is 0 Å². The largest absolute Gasteiger partial charge is 0.374 e. The molecule has 2 atom stereocenters. The zero-order valence-electron chi connectivity index (χ0n) is 5.13. The number of rotatable bonds is 0. The summed E-state index contributed by atoms with van der Waals surface area (Å²) in [5.41, 5.74) is 0. The third kappa shape index (κ3) is 2.12. The molecule has 2 nitrogen and oxygen atoms in total. The standard InChI is InChI=1S/C5H9NOS2/c1-3-2-4(7)6-5(8)9-3/h3-4,7H,2H2,1H3,(H,6,8)/t3-,4+/m0/s1. The minimum atomic E-state index is -0.422. The highest BCUT2D eigenvalue weighted by molar-refractivity contribution is 8.23. The van der Waals surface area contributed by atoms with Crippen LogP contribution in [0.1, 0.15) is 13.3 Å². The Kier molecular flexibility index (Phi) is 2.32. The summed E-state index contributed by atoms with van der Waals surface area (Å²) in [5.74, 6) is 0. The summed E-state index contributed by atoms with van der Waals surface area (Å²) >= 11 is 6.46. The average molecular weight is 163 g/mol. The summed E-state index contributed by atoms with van der Waals surface area (Å²) < 4.78 is 0.709. The molecule has 2 N–H and O–H groups in total. The van der Waals surface area contributed by atoms with Gasteiger partial charge in [0.2, 0.25) is 0 Å².